The largest absolute Gasteiger partial charge is 0.396 e. The van der Waals surface area contributed by atoms with Crippen molar-refractivity contribution in [2.24, 2.45) is 5.41 Å². The number of hydrogen-bond donors (Lipinski definition) is 2. The van der Waals surface area contributed by atoms with E-state index in [2.05, 4.69) is 0 Å². The van der Waals surface area contributed by atoms with Gasteiger partial charge in [0.05, 0.1) is 17.6 Å². The van der Waals surface area contributed by atoms with E-state index in [0.29, 0.717) is 6.42 Å². The molecule has 13 heavy (non-hydrogen) atoms. The average Bonchev–Trinajstić information content (AvgIpc) is 2.51. The molecule has 4 heteroatoms. The zero-order valence-corrected chi connectivity index (χ0v) is 9.03. The monoisotopic (exact) mass is 220 g/mol. The van der Waals surface area contributed by atoms with Gasteiger partial charge in [0.25, 0.3) is 0 Å². The molecule has 0 aliphatic carbocycles. The number of aliphatic hydroxyl groups is 2. The van der Waals surface area contributed by atoms with Gasteiger partial charge in [-0.15, -0.1) is 11.3 Å². The van der Waals surface area contributed by atoms with Gasteiger partial charge in [-0.05, 0) is 18.6 Å². The highest BCUT2D eigenvalue weighted by Crippen LogP contribution is 2.28. The van der Waals surface area contributed by atoms with Gasteiger partial charge in [-0.1, -0.05) is 18.5 Å². The van der Waals surface area contributed by atoms with E-state index in [1.807, 2.05) is 19.1 Å². The first-order chi connectivity index (χ1) is 6.09. The third-order valence-corrected chi connectivity index (χ3v) is 3.22. The summed E-state index contributed by atoms with van der Waals surface area (Å²) in [5, 5.41) is 18.1. The summed E-state index contributed by atoms with van der Waals surface area (Å²) in [5.41, 5.74) is -0.436. The van der Waals surface area contributed by atoms with E-state index in [1.165, 1.54) is 11.3 Å². The molecule has 0 aromatic carbocycles. The average molecular weight is 221 g/mol. The highest BCUT2D eigenvalue weighted by atomic mass is 35.5. The fourth-order valence-corrected chi connectivity index (χ4v) is 2.33. The van der Waals surface area contributed by atoms with Crippen molar-refractivity contribution in [3.8, 4) is 0 Å². The summed E-state index contributed by atoms with van der Waals surface area (Å²) in [5.74, 6) is 0. The Morgan fingerprint density at radius 1 is 1.38 bits per heavy atom. The zero-order chi connectivity index (χ0) is 9.90. The molecular formula is C9H13ClO2S. The predicted octanol–water partition coefficient (Wildman–Crippen LogP) is 1.93. The van der Waals surface area contributed by atoms with Crippen LogP contribution in [0.3, 0.4) is 0 Å². The Hall–Kier alpha value is -0.0900. The Morgan fingerprint density at radius 3 is 2.38 bits per heavy atom. The minimum atomic E-state index is -0.436. The molecule has 0 spiro atoms. The van der Waals surface area contributed by atoms with Gasteiger partial charge < -0.3 is 10.2 Å². The van der Waals surface area contributed by atoms with Gasteiger partial charge >= 0.3 is 0 Å². The van der Waals surface area contributed by atoms with Crippen LogP contribution in [0.4, 0.5) is 0 Å². The molecule has 2 nitrogen and oxygen atoms in total. The molecule has 0 saturated carbocycles. The Kier molecular flexibility index (Phi) is 3.74. The standard InChI is InChI=1S/C9H13ClO2S/c1-9(5-11,6-12)4-7-2-3-8(10)13-7/h2-3,11-12H,4-6H2,1H3. The summed E-state index contributed by atoms with van der Waals surface area (Å²) in [4.78, 5) is 1.09. The molecule has 0 saturated heterocycles. The number of rotatable bonds is 4. The van der Waals surface area contributed by atoms with E-state index in [4.69, 9.17) is 21.8 Å². The van der Waals surface area contributed by atoms with E-state index in [1.54, 1.807) is 0 Å². The highest BCUT2D eigenvalue weighted by molar-refractivity contribution is 7.16. The van der Waals surface area contributed by atoms with Crippen LogP contribution in [0.1, 0.15) is 11.8 Å². The lowest BCUT2D eigenvalue weighted by Crippen LogP contribution is -2.28. The Bertz CT molecular complexity index is 268. The second-order valence-corrected chi connectivity index (χ2v) is 5.31. The van der Waals surface area contributed by atoms with Crippen LogP contribution in [0.2, 0.25) is 4.34 Å². The van der Waals surface area contributed by atoms with Gasteiger partial charge in [0.15, 0.2) is 0 Å². The van der Waals surface area contributed by atoms with Gasteiger partial charge in [-0.2, -0.15) is 0 Å². The van der Waals surface area contributed by atoms with Gasteiger partial charge in [0.1, 0.15) is 0 Å². The van der Waals surface area contributed by atoms with Crippen molar-refractivity contribution in [2.45, 2.75) is 13.3 Å². The topological polar surface area (TPSA) is 40.5 Å². The first kappa shape index (κ1) is 11.0. The quantitative estimate of drug-likeness (QED) is 0.814. The van der Waals surface area contributed by atoms with Crippen LogP contribution in [0.5, 0.6) is 0 Å². The molecule has 0 fully saturated rings. The lowest BCUT2D eigenvalue weighted by Gasteiger charge is -2.23. The maximum atomic E-state index is 9.07. The predicted molar refractivity (Wildman–Crippen MR) is 55.3 cm³/mol. The Morgan fingerprint density at radius 2 is 2.00 bits per heavy atom. The molecule has 2 N–H and O–H groups in total. The van der Waals surface area contributed by atoms with Crippen molar-refractivity contribution < 1.29 is 10.2 Å². The van der Waals surface area contributed by atoms with Crippen molar-refractivity contribution in [1.82, 2.24) is 0 Å². The molecule has 1 heterocycles. The smallest absolute Gasteiger partial charge is 0.0931 e. The summed E-state index contributed by atoms with van der Waals surface area (Å²) in [6.07, 6.45) is 0.664. The van der Waals surface area contributed by atoms with Gasteiger partial charge in [0, 0.05) is 10.3 Å². The number of halogens is 1. The second-order valence-electron chi connectivity index (χ2n) is 3.51. The minimum Gasteiger partial charge on any atom is -0.396 e. The van der Waals surface area contributed by atoms with E-state index in [0.717, 1.165) is 9.21 Å². The van der Waals surface area contributed by atoms with Crippen LogP contribution < -0.4 is 0 Å². The molecule has 0 radical (unpaired) electrons. The van der Waals surface area contributed by atoms with Crippen molar-refractivity contribution in [3.63, 3.8) is 0 Å². The first-order valence-electron chi connectivity index (χ1n) is 4.05. The van der Waals surface area contributed by atoms with Gasteiger partial charge in [-0.25, -0.2) is 0 Å². The first-order valence-corrected chi connectivity index (χ1v) is 5.25. The van der Waals surface area contributed by atoms with Crippen molar-refractivity contribution >= 4 is 22.9 Å². The summed E-state index contributed by atoms with van der Waals surface area (Å²) in [6.45, 7) is 1.82. The molecule has 0 unspecified atom stereocenters. The molecule has 1 aromatic heterocycles. The van der Waals surface area contributed by atoms with Gasteiger partial charge in [0.2, 0.25) is 0 Å². The van der Waals surface area contributed by atoms with E-state index < -0.39 is 5.41 Å². The number of aliphatic hydroxyl groups excluding tert-OH is 2. The highest BCUT2D eigenvalue weighted by Gasteiger charge is 2.23. The lowest BCUT2D eigenvalue weighted by atomic mass is 9.88. The van der Waals surface area contributed by atoms with Crippen LogP contribution in [0, 0.1) is 5.41 Å². The number of hydrogen-bond acceptors (Lipinski definition) is 3. The van der Waals surface area contributed by atoms with E-state index in [9.17, 15) is 0 Å². The Labute approximate surface area is 86.8 Å². The molecule has 1 rings (SSSR count). The summed E-state index contributed by atoms with van der Waals surface area (Å²) < 4.78 is 0.744. The summed E-state index contributed by atoms with van der Waals surface area (Å²) in [7, 11) is 0. The molecule has 0 bridgehead atoms. The summed E-state index contributed by atoms with van der Waals surface area (Å²) >= 11 is 7.26. The van der Waals surface area contributed by atoms with Crippen molar-refractivity contribution in [3.05, 3.63) is 21.3 Å². The molecule has 0 aliphatic heterocycles. The van der Waals surface area contributed by atoms with Crippen LogP contribution in [0.15, 0.2) is 12.1 Å². The van der Waals surface area contributed by atoms with Gasteiger partial charge in [-0.3, -0.25) is 0 Å². The SMILES string of the molecule is CC(CO)(CO)Cc1ccc(Cl)s1. The minimum absolute atomic E-state index is 0.0149. The van der Waals surface area contributed by atoms with E-state index >= 15 is 0 Å². The second kappa shape index (κ2) is 4.42. The van der Waals surface area contributed by atoms with Crippen LogP contribution in [-0.2, 0) is 6.42 Å². The summed E-state index contributed by atoms with van der Waals surface area (Å²) in [6, 6.07) is 3.76. The van der Waals surface area contributed by atoms with Crippen molar-refractivity contribution in [1.29, 1.82) is 0 Å². The van der Waals surface area contributed by atoms with Crippen LogP contribution >= 0.6 is 22.9 Å². The molecule has 74 valence electrons. The normalized spacial score (nSPS) is 12.0. The lowest BCUT2D eigenvalue weighted by molar-refractivity contribution is 0.0710. The third kappa shape index (κ3) is 2.95. The molecule has 0 atom stereocenters. The van der Waals surface area contributed by atoms with Crippen LogP contribution in [0.25, 0.3) is 0 Å². The fraction of sp³-hybridized carbons (Fsp3) is 0.556. The van der Waals surface area contributed by atoms with Crippen molar-refractivity contribution in [2.75, 3.05) is 13.2 Å². The van der Waals surface area contributed by atoms with E-state index in [-0.39, 0.29) is 13.2 Å². The maximum absolute atomic E-state index is 9.07. The zero-order valence-electron chi connectivity index (χ0n) is 7.46. The molecule has 0 amide bonds. The molecule has 1 aromatic rings. The number of thiophene rings is 1. The molecule has 0 aliphatic rings. The maximum Gasteiger partial charge on any atom is 0.0931 e. The Balaban J connectivity index is 2.67. The van der Waals surface area contributed by atoms with Crippen LogP contribution in [-0.4, -0.2) is 23.4 Å². The molecular weight excluding hydrogens is 208 g/mol. The fourth-order valence-electron chi connectivity index (χ4n) is 1.03. The third-order valence-electron chi connectivity index (χ3n) is 1.99.